The molecule has 1 amide bonds. The number of hydrogen-bond acceptors (Lipinski definition) is 4. The first-order chi connectivity index (χ1) is 9.75. The molecule has 1 fully saturated rings. The molecule has 7 heteroatoms. The third-order valence-electron chi connectivity index (χ3n) is 2.99. The summed E-state index contributed by atoms with van der Waals surface area (Å²) in [5.41, 5.74) is 0. The molecule has 1 aromatic rings. The smallest absolute Gasteiger partial charge is 0.238 e. The van der Waals surface area contributed by atoms with E-state index in [0.717, 1.165) is 24.5 Å². The van der Waals surface area contributed by atoms with Gasteiger partial charge in [0.1, 0.15) is 11.6 Å². The van der Waals surface area contributed by atoms with Crippen LogP contribution in [0.1, 0.15) is 12.8 Å². The van der Waals surface area contributed by atoms with E-state index in [1.165, 1.54) is 12.1 Å². The van der Waals surface area contributed by atoms with Crippen molar-refractivity contribution in [1.82, 2.24) is 10.6 Å². The minimum atomic E-state index is -0.265. The van der Waals surface area contributed by atoms with Crippen molar-refractivity contribution < 1.29 is 13.9 Å². The van der Waals surface area contributed by atoms with E-state index in [0.29, 0.717) is 18.9 Å². The van der Waals surface area contributed by atoms with Crippen molar-refractivity contribution in [3.05, 3.63) is 30.1 Å². The molecule has 4 nitrogen and oxygen atoms in total. The molecule has 1 saturated heterocycles. The molecule has 0 radical (unpaired) electrons. The molecule has 0 spiro atoms. The van der Waals surface area contributed by atoms with Crippen LogP contribution in [-0.2, 0) is 4.79 Å². The molecule has 21 heavy (non-hydrogen) atoms. The highest BCUT2D eigenvalue weighted by atomic mass is 35.5. The van der Waals surface area contributed by atoms with Crippen LogP contribution in [0.2, 0.25) is 0 Å². The third kappa shape index (κ3) is 6.54. The van der Waals surface area contributed by atoms with Crippen LogP contribution in [-0.4, -0.2) is 36.7 Å². The summed E-state index contributed by atoms with van der Waals surface area (Å²) in [5.74, 6) is 2.18. The number of ether oxygens (including phenoxy) is 1. The van der Waals surface area contributed by atoms with Gasteiger partial charge in [0, 0.05) is 18.2 Å². The van der Waals surface area contributed by atoms with Crippen molar-refractivity contribution in [3.8, 4) is 5.75 Å². The lowest BCUT2D eigenvalue weighted by Gasteiger charge is -2.10. The van der Waals surface area contributed by atoms with E-state index in [2.05, 4.69) is 10.6 Å². The molecular formula is C14H20ClFN2O2S. The van der Waals surface area contributed by atoms with Crippen LogP contribution in [0.3, 0.4) is 0 Å². The lowest BCUT2D eigenvalue weighted by atomic mass is 10.3. The Bertz CT molecular complexity index is 427. The van der Waals surface area contributed by atoms with Crippen LogP contribution in [0.15, 0.2) is 24.3 Å². The van der Waals surface area contributed by atoms with Crippen LogP contribution in [0.5, 0.6) is 5.75 Å². The predicted octanol–water partition coefficient (Wildman–Crippen LogP) is 2.19. The molecule has 0 aliphatic carbocycles. The fourth-order valence-electron chi connectivity index (χ4n) is 1.85. The largest absolute Gasteiger partial charge is 0.494 e. The molecule has 1 aliphatic rings. The number of nitrogens with one attached hydrogen (secondary N) is 2. The summed E-state index contributed by atoms with van der Waals surface area (Å²) in [6.07, 6.45) is 1.72. The third-order valence-corrected chi connectivity index (χ3v) is 3.93. The molecule has 2 N–H and O–H groups in total. The Morgan fingerprint density at radius 1 is 1.38 bits per heavy atom. The molecule has 1 aliphatic heterocycles. The van der Waals surface area contributed by atoms with Gasteiger partial charge in [-0.05, 0) is 37.1 Å². The second-order valence-electron chi connectivity index (χ2n) is 4.57. The van der Waals surface area contributed by atoms with Crippen molar-refractivity contribution in [2.75, 3.05) is 24.8 Å². The Labute approximate surface area is 134 Å². The zero-order valence-corrected chi connectivity index (χ0v) is 13.3. The molecule has 118 valence electrons. The van der Waals surface area contributed by atoms with Gasteiger partial charge in [0.2, 0.25) is 5.91 Å². The molecule has 1 aromatic carbocycles. The van der Waals surface area contributed by atoms with E-state index in [9.17, 15) is 9.18 Å². The second kappa shape index (κ2) is 9.87. The van der Waals surface area contributed by atoms with Crippen LogP contribution in [0.4, 0.5) is 4.39 Å². The van der Waals surface area contributed by atoms with Gasteiger partial charge < -0.3 is 10.1 Å². The minimum absolute atomic E-state index is 0. The Hall–Kier alpha value is -0.980. The quantitative estimate of drug-likeness (QED) is 0.750. The molecule has 1 unspecified atom stereocenters. The van der Waals surface area contributed by atoms with Gasteiger partial charge in [-0.15, -0.1) is 24.2 Å². The topological polar surface area (TPSA) is 50.4 Å². The van der Waals surface area contributed by atoms with Crippen LogP contribution in [0.25, 0.3) is 0 Å². The maximum Gasteiger partial charge on any atom is 0.238 e. The van der Waals surface area contributed by atoms with Gasteiger partial charge in [0.15, 0.2) is 0 Å². The maximum absolute atomic E-state index is 12.7. The first-order valence-corrected chi connectivity index (χ1v) is 7.88. The number of halogens is 2. The molecule has 0 aromatic heterocycles. The monoisotopic (exact) mass is 334 g/mol. The Morgan fingerprint density at radius 3 is 2.81 bits per heavy atom. The summed E-state index contributed by atoms with van der Waals surface area (Å²) in [4.78, 5) is 11.7. The molecule has 1 atom stereocenters. The fraction of sp³-hybridized carbons (Fsp3) is 0.500. The second-order valence-corrected chi connectivity index (χ2v) is 5.60. The molecule has 2 rings (SSSR count). The van der Waals surface area contributed by atoms with Gasteiger partial charge in [-0.2, -0.15) is 0 Å². The van der Waals surface area contributed by atoms with Crippen LogP contribution in [0, 0.1) is 5.82 Å². The highest BCUT2D eigenvalue weighted by molar-refractivity contribution is 7.99. The average molecular weight is 335 g/mol. The van der Waals surface area contributed by atoms with Crippen molar-refractivity contribution in [2.45, 2.75) is 18.9 Å². The van der Waals surface area contributed by atoms with E-state index in [1.807, 2.05) is 0 Å². The van der Waals surface area contributed by atoms with Gasteiger partial charge in [0.05, 0.1) is 12.6 Å². The molecule has 0 bridgehead atoms. The SMILES string of the molecule is Cl.O=C(NCCCCOc1ccc(F)cc1)C1CSCN1. The highest BCUT2D eigenvalue weighted by Gasteiger charge is 2.21. The van der Waals surface area contributed by atoms with Gasteiger partial charge >= 0.3 is 0 Å². The number of hydrogen-bond donors (Lipinski definition) is 2. The summed E-state index contributed by atoms with van der Waals surface area (Å²) in [5, 5.41) is 6.04. The first kappa shape index (κ1) is 18.1. The number of carbonyl (C=O) groups excluding carboxylic acids is 1. The number of carbonyl (C=O) groups is 1. The van der Waals surface area contributed by atoms with Crippen LogP contribution >= 0.6 is 24.2 Å². The number of thioether (sulfide) groups is 1. The number of amides is 1. The van der Waals surface area contributed by atoms with E-state index in [-0.39, 0.29) is 30.2 Å². The lowest BCUT2D eigenvalue weighted by Crippen LogP contribution is -2.42. The van der Waals surface area contributed by atoms with Crippen LogP contribution < -0.4 is 15.4 Å². The summed E-state index contributed by atoms with van der Waals surface area (Å²) in [7, 11) is 0. The number of unbranched alkanes of at least 4 members (excludes halogenated alkanes) is 1. The Kier molecular flexibility index (Phi) is 8.49. The zero-order valence-electron chi connectivity index (χ0n) is 11.6. The lowest BCUT2D eigenvalue weighted by molar-refractivity contribution is -0.122. The summed E-state index contributed by atoms with van der Waals surface area (Å²) in [6.45, 7) is 1.23. The van der Waals surface area contributed by atoms with E-state index >= 15 is 0 Å². The van der Waals surface area contributed by atoms with Gasteiger partial charge in [-0.25, -0.2) is 4.39 Å². The van der Waals surface area contributed by atoms with E-state index in [4.69, 9.17) is 4.74 Å². The minimum Gasteiger partial charge on any atom is -0.494 e. The zero-order chi connectivity index (χ0) is 14.2. The summed E-state index contributed by atoms with van der Waals surface area (Å²) < 4.78 is 18.1. The number of rotatable bonds is 7. The Morgan fingerprint density at radius 2 is 2.14 bits per heavy atom. The summed E-state index contributed by atoms with van der Waals surface area (Å²) in [6, 6.07) is 5.93. The number of benzene rings is 1. The van der Waals surface area contributed by atoms with Gasteiger partial charge in [-0.3, -0.25) is 10.1 Å². The standard InChI is InChI=1S/C14H19FN2O2S.ClH/c15-11-3-5-12(6-4-11)19-8-2-1-7-16-14(18)13-9-20-10-17-13;/h3-6,13,17H,1-2,7-10H2,(H,16,18);1H. The summed E-state index contributed by atoms with van der Waals surface area (Å²) >= 11 is 1.74. The maximum atomic E-state index is 12.7. The fourth-order valence-corrected chi connectivity index (χ4v) is 2.79. The average Bonchev–Trinajstić information content (AvgIpc) is 2.98. The first-order valence-electron chi connectivity index (χ1n) is 6.73. The molecular weight excluding hydrogens is 315 g/mol. The van der Waals surface area contributed by atoms with Crippen molar-refractivity contribution in [3.63, 3.8) is 0 Å². The van der Waals surface area contributed by atoms with Crippen molar-refractivity contribution in [2.24, 2.45) is 0 Å². The Balaban J connectivity index is 0.00000220. The molecule has 1 heterocycles. The highest BCUT2D eigenvalue weighted by Crippen LogP contribution is 2.11. The van der Waals surface area contributed by atoms with Crippen molar-refractivity contribution in [1.29, 1.82) is 0 Å². The molecule has 0 saturated carbocycles. The van der Waals surface area contributed by atoms with Crippen molar-refractivity contribution >= 4 is 30.1 Å². The van der Waals surface area contributed by atoms with Gasteiger partial charge in [0.25, 0.3) is 0 Å². The van der Waals surface area contributed by atoms with Gasteiger partial charge in [-0.1, -0.05) is 0 Å². The van der Waals surface area contributed by atoms with E-state index in [1.54, 1.807) is 23.9 Å². The normalized spacial score (nSPS) is 17.1. The predicted molar refractivity (Wildman–Crippen MR) is 85.6 cm³/mol. The van der Waals surface area contributed by atoms with E-state index < -0.39 is 0 Å².